The smallest absolute Gasteiger partial charge is 0.217 e. The third kappa shape index (κ3) is 4.09. The van der Waals surface area contributed by atoms with Crippen molar-refractivity contribution < 1.29 is 5.11 Å². The standard InChI is InChI=1S/C8H15Cl3N2O/c1-12-2-4-13(5-3-12)6-7(14)8(9,10)11/h7,14H,2-6H2,1H3. The van der Waals surface area contributed by atoms with Crippen molar-refractivity contribution in [3.05, 3.63) is 0 Å². The number of aliphatic hydroxyl groups is 1. The summed E-state index contributed by atoms with van der Waals surface area (Å²) in [5, 5.41) is 9.55. The van der Waals surface area contributed by atoms with Gasteiger partial charge in [0.25, 0.3) is 0 Å². The largest absolute Gasteiger partial charge is 0.387 e. The molecule has 6 heteroatoms. The number of hydrogen-bond donors (Lipinski definition) is 1. The van der Waals surface area contributed by atoms with Gasteiger partial charge in [0.1, 0.15) is 6.10 Å². The van der Waals surface area contributed by atoms with E-state index in [1.807, 2.05) is 0 Å². The number of alkyl halides is 3. The second kappa shape index (κ2) is 5.19. The number of hydrogen-bond acceptors (Lipinski definition) is 3. The molecule has 0 aromatic rings. The number of β-amino-alcohol motifs (C(OH)–C–C–N with tert-alkyl or cyclic N) is 1. The number of nitrogens with zero attached hydrogens (tertiary/aromatic N) is 2. The zero-order valence-electron chi connectivity index (χ0n) is 8.09. The first kappa shape index (κ1) is 12.8. The molecule has 0 aromatic carbocycles. The highest BCUT2D eigenvalue weighted by Crippen LogP contribution is 2.30. The van der Waals surface area contributed by atoms with Crippen molar-refractivity contribution in [1.82, 2.24) is 9.80 Å². The lowest BCUT2D eigenvalue weighted by molar-refractivity contribution is 0.0825. The highest BCUT2D eigenvalue weighted by molar-refractivity contribution is 6.68. The molecule has 1 rings (SSSR count). The molecular weight excluding hydrogens is 246 g/mol. The third-order valence-electron chi connectivity index (χ3n) is 2.40. The van der Waals surface area contributed by atoms with Crippen LogP contribution >= 0.6 is 34.8 Å². The van der Waals surface area contributed by atoms with Crippen molar-refractivity contribution >= 4 is 34.8 Å². The lowest BCUT2D eigenvalue weighted by Crippen LogP contribution is -2.49. The Morgan fingerprint density at radius 1 is 1.21 bits per heavy atom. The lowest BCUT2D eigenvalue weighted by atomic mass is 10.3. The molecule has 84 valence electrons. The van der Waals surface area contributed by atoms with Gasteiger partial charge in [-0.1, -0.05) is 34.8 Å². The number of likely N-dealkylation sites (N-methyl/N-ethyl adjacent to an activating group) is 1. The SMILES string of the molecule is CN1CCN(CC(O)C(Cl)(Cl)Cl)CC1. The summed E-state index contributed by atoms with van der Waals surface area (Å²) in [4.78, 5) is 4.34. The summed E-state index contributed by atoms with van der Waals surface area (Å²) in [5.41, 5.74) is 0. The van der Waals surface area contributed by atoms with Gasteiger partial charge in [0, 0.05) is 32.7 Å². The van der Waals surface area contributed by atoms with Gasteiger partial charge in [-0.05, 0) is 7.05 Å². The highest BCUT2D eigenvalue weighted by Gasteiger charge is 2.32. The number of aliphatic hydroxyl groups excluding tert-OH is 1. The minimum absolute atomic E-state index is 0.421. The summed E-state index contributed by atoms with van der Waals surface area (Å²) in [7, 11) is 2.07. The fraction of sp³-hybridized carbons (Fsp3) is 1.00. The summed E-state index contributed by atoms with van der Waals surface area (Å²) in [5.74, 6) is 0. The van der Waals surface area contributed by atoms with Crippen LogP contribution in [0.3, 0.4) is 0 Å². The van der Waals surface area contributed by atoms with Crippen molar-refractivity contribution in [2.75, 3.05) is 39.8 Å². The fourth-order valence-electron chi connectivity index (χ4n) is 1.38. The number of halogens is 3. The topological polar surface area (TPSA) is 26.7 Å². The Morgan fingerprint density at radius 2 is 1.71 bits per heavy atom. The lowest BCUT2D eigenvalue weighted by Gasteiger charge is -2.34. The Bertz CT molecular complexity index is 178. The van der Waals surface area contributed by atoms with Crippen LogP contribution in [-0.4, -0.2) is 64.6 Å². The van der Waals surface area contributed by atoms with E-state index in [0.717, 1.165) is 26.2 Å². The fourth-order valence-corrected chi connectivity index (χ4v) is 1.59. The first-order valence-corrected chi connectivity index (χ1v) is 5.68. The molecular formula is C8H15Cl3N2O. The Balaban J connectivity index is 2.31. The molecule has 1 unspecified atom stereocenters. The molecule has 1 N–H and O–H groups in total. The van der Waals surface area contributed by atoms with E-state index in [1.54, 1.807) is 0 Å². The van der Waals surface area contributed by atoms with E-state index in [1.165, 1.54) is 0 Å². The van der Waals surface area contributed by atoms with Gasteiger partial charge in [-0.25, -0.2) is 0 Å². The van der Waals surface area contributed by atoms with Gasteiger partial charge >= 0.3 is 0 Å². The normalized spacial score (nSPS) is 23.8. The van der Waals surface area contributed by atoms with E-state index < -0.39 is 9.90 Å². The maximum atomic E-state index is 9.55. The second-order valence-electron chi connectivity index (χ2n) is 3.66. The van der Waals surface area contributed by atoms with Gasteiger partial charge < -0.3 is 10.0 Å². The Hall–Kier alpha value is 0.750. The first-order valence-electron chi connectivity index (χ1n) is 4.55. The van der Waals surface area contributed by atoms with Gasteiger partial charge in [0.15, 0.2) is 0 Å². The quantitative estimate of drug-likeness (QED) is 0.750. The van der Waals surface area contributed by atoms with E-state index in [4.69, 9.17) is 34.8 Å². The van der Waals surface area contributed by atoms with Crippen LogP contribution in [0.5, 0.6) is 0 Å². The molecule has 0 saturated carbocycles. The van der Waals surface area contributed by atoms with Crippen LogP contribution in [0.4, 0.5) is 0 Å². The van der Waals surface area contributed by atoms with E-state index in [2.05, 4.69) is 16.8 Å². The van der Waals surface area contributed by atoms with Crippen molar-refractivity contribution in [2.45, 2.75) is 9.90 Å². The van der Waals surface area contributed by atoms with Crippen LogP contribution in [0.25, 0.3) is 0 Å². The van der Waals surface area contributed by atoms with Gasteiger partial charge in [-0.2, -0.15) is 0 Å². The molecule has 0 bridgehead atoms. The highest BCUT2D eigenvalue weighted by atomic mass is 35.6. The van der Waals surface area contributed by atoms with Crippen LogP contribution in [0, 0.1) is 0 Å². The Labute approximate surface area is 99.5 Å². The van der Waals surface area contributed by atoms with Crippen LogP contribution in [0.1, 0.15) is 0 Å². The summed E-state index contributed by atoms with van der Waals surface area (Å²) in [6.07, 6.45) is -0.920. The zero-order valence-corrected chi connectivity index (χ0v) is 10.4. The van der Waals surface area contributed by atoms with Crippen molar-refractivity contribution in [2.24, 2.45) is 0 Å². The third-order valence-corrected chi connectivity index (χ3v) is 3.16. The van der Waals surface area contributed by atoms with Gasteiger partial charge in [0.05, 0.1) is 0 Å². The molecule has 0 aromatic heterocycles. The van der Waals surface area contributed by atoms with Gasteiger partial charge in [-0.15, -0.1) is 0 Å². The van der Waals surface area contributed by atoms with Crippen LogP contribution in [0.2, 0.25) is 0 Å². The minimum Gasteiger partial charge on any atom is -0.387 e. The predicted octanol–water partition coefficient (Wildman–Crippen LogP) is 0.965. The summed E-state index contributed by atoms with van der Waals surface area (Å²) >= 11 is 16.7. The van der Waals surface area contributed by atoms with Gasteiger partial charge in [0.2, 0.25) is 3.79 Å². The van der Waals surface area contributed by atoms with Crippen molar-refractivity contribution in [3.8, 4) is 0 Å². The van der Waals surface area contributed by atoms with Crippen LogP contribution in [0.15, 0.2) is 0 Å². The first-order chi connectivity index (χ1) is 6.39. The van der Waals surface area contributed by atoms with Crippen molar-refractivity contribution in [1.29, 1.82) is 0 Å². The summed E-state index contributed by atoms with van der Waals surface area (Å²) < 4.78 is -1.58. The average Bonchev–Trinajstić information content (AvgIpc) is 2.07. The van der Waals surface area contributed by atoms with E-state index in [9.17, 15) is 5.11 Å². The molecule has 0 aliphatic carbocycles. The van der Waals surface area contributed by atoms with E-state index in [0.29, 0.717) is 6.54 Å². The zero-order chi connectivity index (χ0) is 10.8. The number of piperazine rings is 1. The van der Waals surface area contributed by atoms with Crippen LogP contribution in [-0.2, 0) is 0 Å². The van der Waals surface area contributed by atoms with Gasteiger partial charge in [-0.3, -0.25) is 4.90 Å². The molecule has 1 aliphatic rings. The molecule has 14 heavy (non-hydrogen) atoms. The summed E-state index contributed by atoms with van der Waals surface area (Å²) in [6, 6.07) is 0. The van der Waals surface area contributed by atoms with Crippen LogP contribution < -0.4 is 0 Å². The number of rotatable bonds is 2. The molecule has 0 spiro atoms. The molecule has 1 heterocycles. The average molecular weight is 262 g/mol. The predicted molar refractivity (Wildman–Crippen MR) is 60.2 cm³/mol. The maximum absolute atomic E-state index is 9.55. The van der Waals surface area contributed by atoms with E-state index >= 15 is 0 Å². The molecule has 1 fully saturated rings. The Morgan fingerprint density at radius 3 is 2.14 bits per heavy atom. The molecule has 0 amide bonds. The molecule has 0 radical (unpaired) electrons. The minimum atomic E-state index is -1.58. The van der Waals surface area contributed by atoms with E-state index in [-0.39, 0.29) is 0 Å². The van der Waals surface area contributed by atoms with Crippen molar-refractivity contribution in [3.63, 3.8) is 0 Å². The maximum Gasteiger partial charge on any atom is 0.217 e. The summed E-state index contributed by atoms with van der Waals surface area (Å²) in [6.45, 7) is 4.23. The molecule has 1 atom stereocenters. The monoisotopic (exact) mass is 260 g/mol. The molecule has 1 aliphatic heterocycles. The molecule has 3 nitrogen and oxygen atoms in total. The second-order valence-corrected chi connectivity index (χ2v) is 6.03. The molecule has 1 saturated heterocycles. The Kier molecular flexibility index (Phi) is 4.75.